The standard InChI is InChI=1S/C22H27N3O2S2/c1-15-10-17-12-18(21(26)24-20(17)11-16(15)2)13-25(14-19-6-4-9-29-19)22(28)23-7-5-8-27-3/h4,6,9-12H,5,7-8,13-14H2,1-3H3,(H,23,28)(H,24,26). The minimum Gasteiger partial charge on any atom is -0.385 e. The van der Waals surface area contributed by atoms with Crippen molar-refractivity contribution in [2.45, 2.75) is 33.4 Å². The largest absolute Gasteiger partial charge is 0.385 e. The van der Waals surface area contributed by atoms with Crippen LogP contribution in [0.15, 0.2) is 40.5 Å². The number of aromatic amines is 1. The maximum atomic E-state index is 12.7. The zero-order valence-corrected chi connectivity index (χ0v) is 18.7. The van der Waals surface area contributed by atoms with E-state index in [9.17, 15) is 4.79 Å². The van der Waals surface area contributed by atoms with Gasteiger partial charge < -0.3 is 19.9 Å². The molecule has 5 nitrogen and oxygen atoms in total. The first-order valence-corrected chi connectivity index (χ1v) is 10.9. The molecular formula is C22H27N3O2S2. The Morgan fingerprint density at radius 2 is 2.03 bits per heavy atom. The monoisotopic (exact) mass is 429 g/mol. The van der Waals surface area contributed by atoms with E-state index in [1.165, 1.54) is 16.0 Å². The molecule has 0 radical (unpaired) electrons. The van der Waals surface area contributed by atoms with Crippen LogP contribution < -0.4 is 10.9 Å². The Hall–Kier alpha value is -2.22. The number of methoxy groups -OCH3 is 1. The van der Waals surface area contributed by atoms with Crippen molar-refractivity contribution in [3.05, 3.63) is 67.6 Å². The molecule has 0 spiro atoms. The highest BCUT2D eigenvalue weighted by molar-refractivity contribution is 7.80. The second kappa shape index (κ2) is 10.0. The fourth-order valence-corrected chi connectivity index (χ4v) is 4.11. The summed E-state index contributed by atoms with van der Waals surface area (Å²) in [5.41, 5.74) is 3.88. The molecule has 0 bridgehead atoms. The maximum absolute atomic E-state index is 12.7. The van der Waals surface area contributed by atoms with Crippen LogP contribution in [0.2, 0.25) is 0 Å². The molecule has 3 rings (SSSR count). The molecule has 1 aromatic carbocycles. The van der Waals surface area contributed by atoms with Gasteiger partial charge in [0.25, 0.3) is 5.56 Å². The van der Waals surface area contributed by atoms with Crippen LogP contribution in [-0.2, 0) is 17.8 Å². The van der Waals surface area contributed by atoms with Crippen molar-refractivity contribution in [2.24, 2.45) is 0 Å². The number of hydrogen-bond donors (Lipinski definition) is 2. The van der Waals surface area contributed by atoms with Crippen LogP contribution in [0.1, 0.15) is 28.0 Å². The lowest BCUT2D eigenvalue weighted by atomic mass is 10.0. The molecule has 0 saturated carbocycles. The zero-order valence-electron chi connectivity index (χ0n) is 17.1. The topological polar surface area (TPSA) is 57.4 Å². The smallest absolute Gasteiger partial charge is 0.253 e. The summed E-state index contributed by atoms with van der Waals surface area (Å²) < 4.78 is 5.10. The molecule has 0 fully saturated rings. The molecule has 0 aliphatic carbocycles. The number of rotatable bonds is 8. The van der Waals surface area contributed by atoms with Gasteiger partial charge in [0, 0.05) is 36.2 Å². The summed E-state index contributed by atoms with van der Waals surface area (Å²) in [6, 6.07) is 10.2. The second-order valence-electron chi connectivity index (χ2n) is 7.16. The summed E-state index contributed by atoms with van der Waals surface area (Å²) in [5.74, 6) is 0. The molecule has 2 aromatic heterocycles. The molecule has 0 unspecified atom stereocenters. The summed E-state index contributed by atoms with van der Waals surface area (Å²) in [6.07, 6.45) is 0.874. The first-order chi connectivity index (χ1) is 14.0. The molecular weight excluding hydrogens is 402 g/mol. The molecule has 29 heavy (non-hydrogen) atoms. The highest BCUT2D eigenvalue weighted by atomic mass is 32.1. The zero-order chi connectivity index (χ0) is 20.8. The lowest BCUT2D eigenvalue weighted by Gasteiger charge is -2.25. The molecule has 0 atom stereocenters. The average molecular weight is 430 g/mol. The number of ether oxygens (including phenoxy) is 1. The number of thiophene rings is 1. The number of H-pyrrole nitrogens is 1. The Bertz CT molecular complexity index is 1030. The SMILES string of the molecule is COCCCNC(=S)N(Cc1cccs1)Cc1cc2cc(C)c(C)cc2[nH]c1=O. The van der Waals surface area contributed by atoms with Crippen molar-refractivity contribution in [3.8, 4) is 0 Å². The molecule has 3 aromatic rings. The highest BCUT2D eigenvalue weighted by Crippen LogP contribution is 2.19. The first kappa shape index (κ1) is 21.5. The third kappa shape index (κ3) is 5.65. The number of hydrogen-bond acceptors (Lipinski definition) is 4. The normalized spacial score (nSPS) is 11.0. The maximum Gasteiger partial charge on any atom is 0.253 e. The molecule has 0 aliphatic heterocycles. The minimum atomic E-state index is -0.0703. The minimum absolute atomic E-state index is 0.0703. The van der Waals surface area contributed by atoms with E-state index in [2.05, 4.69) is 41.7 Å². The van der Waals surface area contributed by atoms with Crippen LogP contribution in [0.4, 0.5) is 0 Å². The van der Waals surface area contributed by atoms with Crippen LogP contribution in [0.3, 0.4) is 0 Å². The molecule has 2 heterocycles. The molecule has 0 aliphatic rings. The van der Waals surface area contributed by atoms with Crippen molar-refractivity contribution in [2.75, 3.05) is 20.3 Å². The second-order valence-corrected chi connectivity index (χ2v) is 8.58. The van der Waals surface area contributed by atoms with E-state index in [1.807, 2.05) is 23.1 Å². The number of fused-ring (bicyclic) bond motifs is 1. The Labute approximate surface area is 180 Å². The number of aromatic nitrogens is 1. The summed E-state index contributed by atoms with van der Waals surface area (Å²) in [5, 5.41) is 7.03. The van der Waals surface area contributed by atoms with E-state index in [4.69, 9.17) is 17.0 Å². The van der Waals surface area contributed by atoms with Crippen LogP contribution in [0.5, 0.6) is 0 Å². The average Bonchev–Trinajstić information content (AvgIpc) is 3.20. The van der Waals surface area contributed by atoms with Gasteiger partial charge in [0.1, 0.15) is 0 Å². The number of pyridine rings is 1. The van der Waals surface area contributed by atoms with Gasteiger partial charge in [0.2, 0.25) is 0 Å². The third-order valence-corrected chi connectivity index (χ3v) is 6.18. The quantitative estimate of drug-likeness (QED) is 0.417. The van der Waals surface area contributed by atoms with Crippen LogP contribution in [0, 0.1) is 13.8 Å². The van der Waals surface area contributed by atoms with Gasteiger partial charge in [0.15, 0.2) is 5.11 Å². The Balaban J connectivity index is 1.84. The Morgan fingerprint density at radius 3 is 2.76 bits per heavy atom. The van der Waals surface area contributed by atoms with Crippen LogP contribution in [-0.4, -0.2) is 35.3 Å². The lowest BCUT2D eigenvalue weighted by molar-refractivity contribution is 0.195. The van der Waals surface area contributed by atoms with Crippen molar-refractivity contribution in [1.82, 2.24) is 15.2 Å². The van der Waals surface area contributed by atoms with Crippen LogP contribution in [0.25, 0.3) is 10.9 Å². The van der Waals surface area contributed by atoms with Gasteiger partial charge in [-0.1, -0.05) is 6.07 Å². The molecule has 0 amide bonds. The van der Waals surface area contributed by atoms with Gasteiger partial charge in [-0.3, -0.25) is 4.79 Å². The van der Waals surface area contributed by atoms with E-state index in [0.29, 0.717) is 30.4 Å². The van der Waals surface area contributed by atoms with E-state index < -0.39 is 0 Å². The third-order valence-electron chi connectivity index (χ3n) is 4.91. The predicted molar refractivity (Wildman–Crippen MR) is 125 cm³/mol. The number of nitrogens with zero attached hydrogens (tertiary/aromatic N) is 1. The number of benzene rings is 1. The van der Waals surface area contributed by atoms with Crippen molar-refractivity contribution in [1.29, 1.82) is 0 Å². The molecule has 0 saturated heterocycles. The Kier molecular flexibility index (Phi) is 7.41. The van der Waals surface area contributed by atoms with Gasteiger partial charge >= 0.3 is 0 Å². The summed E-state index contributed by atoms with van der Waals surface area (Å²) in [7, 11) is 1.69. The highest BCUT2D eigenvalue weighted by Gasteiger charge is 2.14. The van der Waals surface area contributed by atoms with Gasteiger partial charge in [-0.15, -0.1) is 11.3 Å². The van der Waals surface area contributed by atoms with E-state index in [0.717, 1.165) is 23.9 Å². The summed E-state index contributed by atoms with van der Waals surface area (Å²) in [6.45, 7) is 6.67. The molecule has 154 valence electrons. The van der Waals surface area contributed by atoms with Gasteiger partial charge in [0.05, 0.1) is 13.1 Å². The van der Waals surface area contributed by atoms with Crippen LogP contribution >= 0.6 is 23.6 Å². The molecule has 7 heteroatoms. The van der Waals surface area contributed by atoms with Crippen molar-refractivity contribution < 1.29 is 4.74 Å². The molecule has 2 N–H and O–H groups in total. The summed E-state index contributed by atoms with van der Waals surface area (Å²) in [4.78, 5) is 19.0. The Morgan fingerprint density at radius 1 is 1.24 bits per heavy atom. The predicted octanol–water partition coefficient (Wildman–Crippen LogP) is 4.12. The summed E-state index contributed by atoms with van der Waals surface area (Å²) >= 11 is 7.33. The van der Waals surface area contributed by atoms with E-state index >= 15 is 0 Å². The van der Waals surface area contributed by atoms with E-state index in [1.54, 1.807) is 18.4 Å². The lowest BCUT2D eigenvalue weighted by Crippen LogP contribution is -2.40. The van der Waals surface area contributed by atoms with Gasteiger partial charge in [-0.2, -0.15) is 0 Å². The fraction of sp³-hybridized carbons (Fsp3) is 0.364. The van der Waals surface area contributed by atoms with Crippen molar-refractivity contribution in [3.63, 3.8) is 0 Å². The fourth-order valence-electron chi connectivity index (χ4n) is 3.16. The number of nitrogens with one attached hydrogen (secondary N) is 2. The van der Waals surface area contributed by atoms with Crippen molar-refractivity contribution >= 4 is 39.6 Å². The van der Waals surface area contributed by atoms with Gasteiger partial charge in [-0.05, 0) is 78.6 Å². The van der Waals surface area contributed by atoms with E-state index in [-0.39, 0.29) is 5.56 Å². The number of thiocarbonyl (C=S) groups is 1. The number of aryl methyl sites for hydroxylation is 2. The van der Waals surface area contributed by atoms with Gasteiger partial charge in [-0.25, -0.2) is 0 Å². The first-order valence-electron chi connectivity index (χ1n) is 9.65.